The molecule has 2 aromatic heterocycles. The van der Waals surface area contributed by atoms with Crippen molar-refractivity contribution in [3.8, 4) is 17.2 Å². The third-order valence-corrected chi connectivity index (χ3v) is 7.88. The van der Waals surface area contributed by atoms with Crippen molar-refractivity contribution in [3.63, 3.8) is 0 Å². The zero-order chi connectivity index (χ0) is 27.1. The van der Waals surface area contributed by atoms with E-state index >= 15 is 4.39 Å². The van der Waals surface area contributed by atoms with E-state index in [1.165, 1.54) is 18.0 Å². The zero-order valence-electron chi connectivity index (χ0n) is 21.4. The summed E-state index contributed by atoms with van der Waals surface area (Å²) in [6.45, 7) is 2.79. The number of methoxy groups -OCH3 is 1. The molecule has 0 saturated carbocycles. The molecule has 3 aliphatic rings. The molecule has 3 aromatic rings. The Morgan fingerprint density at radius 1 is 1.26 bits per heavy atom. The molecule has 1 atom stereocenters. The fourth-order valence-corrected chi connectivity index (χ4v) is 5.99. The van der Waals surface area contributed by atoms with E-state index in [1.807, 2.05) is 18.2 Å². The van der Waals surface area contributed by atoms with E-state index < -0.39 is 11.5 Å². The summed E-state index contributed by atoms with van der Waals surface area (Å²) in [7, 11) is 1.55. The van der Waals surface area contributed by atoms with Crippen molar-refractivity contribution in [1.82, 2.24) is 9.97 Å². The first-order valence-corrected chi connectivity index (χ1v) is 13.5. The number of hydrogen-bond donors (Lipinski definition) is 2. The van der Waals surface area contributed by atoms with Crippen molar-refractivity contribution in [2.75, 3.05) is 31.4 Å². The van der Waals surface area contributed by atoms with Crippen LogP contribution in [-0.4, -0.2) is 47.1 Å². The Hall–Kier alpha value is -3.96. The predicted octanol–water partition coefficient (Wildman–Crippen LogP) is 4.79. The highest BCUT2D eigenvalue weighted by molar-refractivity contribution is 8.13. The number of pyridine rings is 2. The lowest BCUT2D eigenvalue weighted by Crippen LogP contribution is -2.36. The standard InChI is InChI=1S/C28H26FN5O4S/c1-15-11-18(36-2)14-31-23(15)26(35)32-17-3-4-22-19(12-17)28(7-10-39-27(30)34-28)20-13-21(16-5-8-37-9-6-16)33-25(29)24(20)38-22/h3-5,11-14H,6-10H2,1-2H3,(H2,30,34)(H,32,35)/t28-/m0/s1. The van der Waals surface area contributed by atoms with Crippen molar-refractivity contribution in [2.45, 2.75) is 25.3 Å². The van der Waals surface area contributed by atoms with Crippen LogP contribution in [0, 0.1) is 12.9 Å². The molecule has 1 amide bonds. The molecule has 0 fully saturated rings. The molecule has 6 rings (SSSR count). The molecule has 0 radical (unpaired) electrons. The monoisotopic (exact) mass is 547 g/mol. The van der Waals surface area contributed by atoms with Crippen LogP contribution >= 0.6 is 11.8 Å². The summed E-state index contributed by atoms with van der Waals surface area (Å²) < 4.78 is 32.2. The number of aliphatic imine (C=N–C) groups is 1. The van der Waals surface area contributed by atoms with E-state index in [-0.39, 0.29) is 17.4 Å². The van der Waals surface area contributed by atoms with E-state index in [0.717, 1.165) is 5.57 Å². The van der Waals surface area contributed by atoms with Gasteiger partial charge in [-0.1, -0.05) is 17.8 Å². The van der Waals surface area contributed by atoms with Crippen LogP contribution < -0.4 is 20.5 Å². The molecule has 1 aromatic carbocycles. The highest BCUT2D eigenvalue weighted by Crippen LogP contribution is 2.54. The van der Waals surface area contributed by atoms with Crippen molar-refractivity contribution in [3.05, 3.63) is 76.6 Å². The molecule has 39 heavy (non-hydrogen) atoms. The maximum absolute atomic E-state index is 15.5. The number of fused-ring (bicyclic) bond motifs is 4. The van der Waals surface area contributed by atoms with Crippen LogP contribution in [0.1, 0.15) is 45.7 Å². The Morgan fingerprint density at radius 2 is 2.13 bits per heavy atom. The number of thioether (sulfide) groups is 1. The highest BCUT2D eigenvalue weighted by Gasteiger charge is 2.46. The van der Waals surface area contributed by atoms with Gasteiger partial charge in [0.05, 0.1) is 32.2 Å². The van der Waals surface area contributed by atoms with Crippen LogP contribution in [-0.2, 0) is 10.3 Å². The summed E-state index contributed by atoms with van der Waals surface area (Å²) in [6, 6.07) is 8.81. The van der Waals surface area contributed by atoms with Gasteiger partial charge in [0.15, 0.2) is 10.9 Å². The van der Waals surface area contributed by atoms with Gasteiger partial charge in [-0.15, -0.1) is 0 Å². The number of carbonyl (C=O) groups is 1. The SMILES string of the molecule is COc1cnc(C(=O)Nc2ccc3c(c2)[C@@]2(CCSC(N)=N2)c2cc(C4=CCOCC4)nc(F)c2O3)c(C)c1. The van der Waals surface area contributed by atoms with Crippen molar-refractivity contribution >= 4 is 34.1 Å². The molecule has 0 bridgehead atoms. The molecular weight excluding hydrogens is 521 g/mol. The Labute approximate surface area is 228 Å². The number of amides is 1. The van der Waals surface area contributed by atoms with Gasteiger partial charge in [0.1, 0.15) is 22.7 Å². The van der Waals surface area contributed by atoms with Crippen LogP contribution in [0.25, 0.3) is 5.57 Å². The zero-order valence-corrected chi connectivity index (χ0v) is 22.2. The van der Waals surface area contributed by atoms with E-state index in [9.17, 15) is 4.79 Å². The highest BCUT2D eigenvalue weighted by atomic mass is 32.2. The molecule has 0 saturated heterocycles. The topological polar surface area (TPSA) is 121 Å². The average Bonchev–Trinajstić information content (AvgIpc) is 2.94. The van der Waals surface area contributed by atoms with Crippen LogP contribution in [0.5, 0.6) is 17.2 Å². The summed E-state index contributed by atoms with van der Waals surface area (Å²) in [6.07, 6.45) is 4.61. The Bertz CT molecular complexity index is 1560. The number of ether oxygens (including phenoxy) is 3. The number of nitrogens with one attached hydrogen (secondary N) is 1. The molecule has 0 aliphatic carbocycles. The summed E-state index contributed by atoms with van der Waals surface area (Å²) in [5.41, 5.74) is 9.42. The number of carbonyl (C=O) groups excluding carboxylic acids is 1. The van der Waals surface area contributed by atoms with Crippen LogP contribution in [0.4, 0.5) is 10.1 Å². The predicted molar refractivity (Wildman–Crippen MR) is 147 cm³/mol. The van der Waals surface area contributed by atoms with Crippen LogP contribution in [0.3, 0.4) is 0 Å². The fourth-order valence-electron chi connectivity index (χ4n) is 5.16. The molecule has 3 N–H and O–H groups in total. The first kappa shape index (κ1) is 25.3. The molecule has 9 nitrogen and oxygen atoms in total. The summed E-state index contributed by atoms with van der Waals surface area (Å²) in [5.74, 6) is 0.644. The molecular formula is C28H26FN5O4S. The largest absolute Gasteiger partial charge is 0.495 e. The molecule has 0 unspecified atom stereocenters. The second-order valence-corrected chi connectivity index (χ2v) is 10.6. The minimum absolute atomic E-state index is 0.0391. The van der Waals surface area contributed by atoms with Gasteiger partial charge >= 0.3 is 0 Å². The quantitative estimate of drug-likeness (QED) is 0.448. The van der Waals surface area contributed by atoms with E-state index in [0.29, 0.717) is 76.5 Å². The van der Waals surface area contributed by atoms with Crippen molar-refractivity contribution in [1.29, 1.82) is 0 Å². The van der Waals surface area contributed by atoms with Crippen molar-refractivity contribution in [2.24, 2.45) is 10.7 Å². The van der Waals surface area contributed by atoms with Crippen LogP contribution in [0.2, 0.25) is 0 Å². The number of nitrogens with zero attached hydrogens (tertiary/aromatic N) is 3. The number of hydrogen-bond acceptors (Lipinski definition) is 9. The van der Waals surface area contributed by atoms with Gasteiger partial charge in [-0.2, -0.15) is 4.39 Å². The lowest BCUT2D eigenvalue weighted by atomic mass is 9.78. The lowest BCUT2D eigenvalue weighted by molar-refractivity contribution is 0.102. The first-order chi connectivity index (χ1) is 18.9. The number of aromatic nitrogens is 2. The minimum atomic E-state index is -1.00. The third-order valence-electron chi connectivity index (χ3n) is 7.08. The molecule has 11 heteroatoms. The molecule has 200 valence electrons. The number of amidine groups is 1. The molecule has 1 spiro atoms. The van der Waals surface area contributed by atoms with Crippen molar-refractivity contribution < 1.29 is 23.4 Å². The summed E-state index contributed by atoms with van der Waals surface area (Å²) in [4.78, 5) is 26.5. The lowest BCUT2D eigenvalue weighted by Gasteiger charge is -2.39. The summed E-state index contributed by atoms with van der Waals surface area (Å²) in [5, 5.41) is 3.33. The van der Waals surface area contributed by atoms with Gasteiger partial charge in [-0.3, -0.25) is 4.79 Å². The third kappa shape index (κ3) is 4.51. The minimum Gasteiger partial charge on any atom is -0.495 e. The van der Waals surface area contributed by atoms with Gasteiger partial charge < -0.3 is 25.3 Å². The van der Waals surface area contributed by atoms with Crippen LogP contribution in [0.15, 0.2) is 47.6 Å². The van der Waals surface area contributed by atoms with E-state index in [4.69, 9.17) is 24.9 Å². The van der Waals surface area contributed by atoms with Gasteiger partial charge in [0, 0.05) is 22.6 Å². The van der Waals surface area contributed by atoms with E-state index in [2.05, 4.69) is 15.3 Å². The van der Waals surface area contributed by atoms with Gasteiger partial charge in [0.25, 0.3) is 11.9 Å². The fraction of sp³-hybridized carbons (Fsp3) is 0.286. The number of benzene rings is 1. The second kappa shape index (κ2) is 9.97. The first-order valence-electron chi connectivity index (χ1n) is 12.5. The number of halogens is 1. The molecule has 3 aliphatic heterocycles. The number of nitrogens with two attached hydrogens (primary N) is 1. The van der Waals surface area contributed by atoms with Gasteiger partial charge in [-0.25, -0.2) is 15.0 Å². The second-order valence-electron chi connectivity index (χ2n) is 9.45. The van der Waals surface area contributed by atoms with E-state index in [1.54, 1.807) is 32.2 Å². The number of aryl methyl sites for hydroxylation is 1. The maximum atomic E-state index is 15.5. The summed E-state index contributed by atoms with van der Waals surface area (Å²) >= 11 is 1.45. The molecule has 5 heterocycles. The van der Waals surface area contributed by atoms with Gasteiger partial charge in [0.2, 0.25) is 0 Å². The normalized spacial score (nSPS) is 19.8. The van der Waals surface area contributed by atoms with Gasteiger partial charge in [-0.05, 0) is 61.2 Å². The Kier molecular flexibility index (Phi) is 6.48. The number of rotatable bonds is 4. The average molecular weight is 548 g/mol. The smallest absolute Gasteiger partial charge is 0.274 e. The number of anilines is 1. The Morgan fingerprint density at radius 3 is 2.87 bits per heavy atom. The Balaban J connectivity index is 1.44. The maximum Gasteiger partial charge on any atom is 0.274 e.